The molecule has 2 heterocycles. The molecule has 0 aliphatic heterocycles. The van der Waals surface area contributed by atoms with E-state index in [9.17, 15) is 10.1 Å². The Morgan fingerprint density at radius 1 is 1.67 bits per heavy atom. The minimum Gasteiger partial charge on any atom is -0.364 e. The van der Waals surface area contributed by atoms with Gasteiger partial charge in [-0.1, -0.05) is 5.16 Å². The second-order valence-electron chi connectivity index (χ2n) is 2.79. The van der Waals surface area contributed by atoms with Crippen molar-refractivity contribution < 1.29 is 9.45 Å². The van der Waals surface area contributed by atoms with Crippen molar-refractivity contribution in [2.75, 3.05) is 0 Å². The van der Waals surface area contributed by atoms with E-state index in [4.69, 9.17) is 0 Å². The van der Waals surface area contributed by atoms with Crippen molar-refractivity contribution >= 4 is 21.7 Å². The van der Waals surface area contributed by atoms with E-state index in [1.807, 2.05) is 0 Å². The molecule has 0 aliphatic rings. The Bertz CT molecular complexity index is 478. The number of aromatic nitrogens is 3. The van der Waals surface area contributed by atoms with Gasteiger partial charge in [-0.3, -0.25) is 0 Å². The Kier molecular flexibility index (Phi) is 2.50. The number of hydrogen-bond acceptors (Lipinski definition) is 5. The molecule has 2 aromatic heterocycles. The Balaban J connectivity index is 2.23. The van der Waals surface area contributed by atoms with Crippen molar-refractivity contribution in [1.29, 1.82) is 0 Å². The van der Waals surface area contributed by atoms with Gasteiger partial charge in [0, 0.05) is 5.56 Å². The SMILES string of the molecule is O=[N+]([O-])c1nn(Cc2cnoc2)cc1Br. The molecule has 0 saturated heterocycles. The normalized spacial score (nSPS) is 10.5. The molecule has 0 N–H and O–H groups in total. The molecule has 15 heavy (non-hydrogen) atoms. The zero-order chi connectivity index (χ0) is 10.8. The van der Waals surface area contributed by atoms with Gasteiger partial charge in [-0.15, -0.1) is 0 Å². The van der Waals surface area contributed by atoms with E-state index >= 15 is 0 Å². The van der Waals surface area contributed by atoms with Gasteiger partial charge in [0.2, 0.25) is 0 Å². The lowest BCUT2D eigenvalue weighted by atomic mass is 10.4. The largest absolute Gasteiger partial charge is 0.404 e. The highest BCUT2D eigenvalue weighted by Crippen LogP contribution is 2.22. The third-order valence-electron chi connectivity index (χ3n) is 1.70. The van der Waals surface area contributed by atoms with Crippen molar-refractivity contribution in [3.8, 4) is 0 Å². The summed E-state index contributed by atoms with van der Waals surface area (Å²) in [5.41, 5.74) is 0.792. The average molecular weight is 273 g/mol. The molecular weight excluding hydrogens is 268 g/mol. The first kappa shape index (κ1) is 9.84. The van der Waals surface area contributed by atoms with Crippen LogP contribution < -0.4 is 0 Å². The Morgan fingerprint density at radius 3 is 3.00 bits per heavy atom. The summed E-state index contributed by atoms with van der Waals surface area (Å²) in [6.07, 6.45) is 4.52. The average Bonchev–Trinajstić information content (AvgIpc) is 2.75. The van der Waals surface area contributed by atoms with Gasteiger partial charge in [0.15, 0.2) is 0 Å². The van der Waals surface area contributed by atoms with Crippen LogP contribution in [0.5, 0.6) is 0 Å². The molecule has 2 rings (SSSR count). The van der Waals surface area contributed by atoms with Gasteiger partial charge in [0.05, 0.1) is 24.0 Å². The van der Waals surface area contributed by atoms with Gasteiger partial charge in [-0.2, -0.15) is 4.68 Å². The molecule has 78 valence electrons. The second-order valence-corrected chi connectivity index (χ2v) is 3.64. The van der Waals surface area contributed by atoms with Crippen molar-refractivity contribution in [2.24, 2.45) is 0 Å². The fourth-order valence-electron chi connectivity index (χ4n) is 1.08. The van der Waals surface area contributed by atoms with Crippen LogP contribution in [-0.2, 0) is 6.54 Å². The summed E-state index contributed by atoms with van der Waals surface area (Å²) >= 11 is 3.06. The van der Waals surface area contributed by atoms with E-state index in [1.54, 1.807) is 0 Å². The van der Waals surface area contributed by atoms with Crippen LogP contribution in [0.1, 0.15) is 5.56 Å². The summed E-state index contributed by atoms with van der Waals surface area (Å²) in [6, 6.07) is 0. The Hall–Kier alpha value is -1.70. The standard InChI is InChI=1S/C7H5BrN4O3/c8-6-3-11(10-7(6)12(13)14)2-5-1-9-15-4-5/h1,3-4H,2H2. The highest BCUT2D eigenvalue weighted by atomic mass is 79.9. The molecule has 0 bridgehead atoms. The monoisotopic (exact) mass is 272 g/mol. The molecule has 0 saturated carbocycles. The summed E-state index contributed by atoms with van der Waals surface area (Å²) in [5, 5.41) is 17.8. The van der Waals surface area contributed by atoms with E-state index in [0.29, 0.717) is 11.0 Å². The second kappa shape index (κ2) is 3.81. The van der Waals surface area contributed by atoms with Gasteiger partial charge < -0.3 is 14.6 Å². The molecule has 2 aromatic rings. The minimum atomic E-state index is -0.547. The van der Waals surface area contributed by atoms with E-state index in [1.165, 1.54) is 23.3 Å². The molecule has 8 heteroatoms. The summed E-state index contributed by atoms with van der Waals surface area (Å²) in [5.74, 6) is -0.202. The third kappa shape index (κ3) is 2.04. The topological polar surface area (TPSA) is 87.0 Å². The molecule has 0 unspecified atom stereocenters. The van der Waals surface area contributed by atoms with Gasteiger partial charge >= 0.3 is 5.82 Å². The van der Waals surface area contributed by atoms with Crippen molar-refractivity contribution in [1.82, 2.24) is 14.9 Å². The van der Waals surface area contributed by atoms with E-state index < -0.39 is 4.92 Å². The van der Waals surface area contributed by atoms with Crippen LogP contribution in [0.25, 0.3) is 0 Å². The van der Waals surface area contributed by atoms with Crippen LogP contribution in [0.15, 0.2) is 27.7 Å². The highest BCUT2D eigenvalue weighted by molar-refractivity contribution is 9.10. The lowest BCUT2D eigenvalue weighted by Gasteiger charge is -1.89. The van der Waals surface area contributed by atoms with E-state index in [-0.39, 0.29) is 5.82 Å². The third-order valence-corrected chi connectivity index (χ3v) is 2.26. The molecule has 0 aromatic carbocycles. The maximum atomic E-state index is 10.5. The predicted octanol–water partition coefficient (Wildman–Crippen LogP) is 1.59. The van der Waals surface area contributed by atoms with Gasteiger partial charge in [0.1, 0.15) is 10.7 Å². The Labute approximate surface area is 91.9 Å². The van der Waals surface area contributed by atoms with Crippen LogP contribution in [0.4, 0.5) is 5.82 Å². The number of rotatable bonds is 3. The number of nitrogens with zero attached hydrogens (tertiary/aromatic N) is 4. The fraction of sp³-hybridized carbons (Fsp3) is 0.143. The molecule has 0 aliphatic carbocycles. The lowest BCUT2D eigenvalue weighted by molar-refractivity contribution is -0.390. The maximum Gasteiger partial charge on any atom is 0.404 e. The first-order valence-corrected chi connectivity index (χ1v) is 4.71. The smallest absolute Gasteiger partial charge is 0.364 e. The van der Waals surface area contributed by atoms with Crippen molar-refractivity contribution in [2.45, 2.75) is 6.54 Å². The molecule has 0 spiro atoms. The summed E-state index contributed by atoms with van der Waals surface area (Å²) < 4.78 is 6.42. The first-order chi connectivity index (χ1) is 7.16. The number of hydrogen-bond donors (Lipinski definition) is 0. The van der Waals surface area contributed by atoms with E-state index in [2.05, 4.69) is 30.7 Å². The van der Waals surface area contributed by atoms with Crippen LogP contribution in [0, 0.1) is 10.1 Å². The van der Waals surface area contributed by atoms with Gasteiger partial charge in [-0.25, -0.2) is 0 Å². The lowest BCUT2D eigenvalue weighted by Crippen LogP contribution is -2.00. The van der Waals surface area contributed by atoms with Crippen molar-refractivity contribution in [3.05, 3.63) is 38.8 Å². The van der Waals surface area contributed by atoms with Gasteiger partial charge in [-0.05, 0) is 20.9 Å². The zero-order valence-electron chi connectivity index (χ0n) is 7.33. The molecule has 0 fully saturated rings. The molecule has 0 amide bonds. The van der Waals surface area contributed by atoms with E-state index in [0.717, 1.165) is 5.56 Å². The number of nitro groups is 1. The molecular formula is C7H5BrN4O3. The van der Waals surface area contributed by atoms with Crippen LogP contribution >= 0.6 is 15.9 Å². The summed E-state index contributed by atoms with van der Waals surface area (Å²) in [7, 11) is 0. The highest BCUT2D eigenvalue weighted by Gasteiger charge is 2.18. The number of halogens is 1. The van der Waals surface area contributed by atoms with Crippen molar-refractivity contribution in [3.63, 3.8) is 0 Å². The predicted molar refractivity (Wildman–Crippen MR) is 52.2 cm³/mol. The first-order valence-electron chi connectivity index (χ1n) is 3.92. The quantitative estimate of drug-likeness (QED) is 0.626. The summed E-state index contributed by atoms with van der Waals surface area (Å²) in [4.78, 5) is 9.96. The fourth-order valence-corrected chi connectivity index (χ4v) is 1.54. The maximum absolute atomic E-state index is 10.5. The minimum absolute atomic E-state index is 0.202. The Morgan fingerprint density at radius 2 is 2.47 bits per heavy atom. The summed E-state index contributed by atoms with van der Waals surface area (Å²) in [6.45, 7) is 0.385. The van der Waals surface area contributed by atoms with Gasteiger partial charge in [0.25, 0.3) is 0 Å². The van der Waals surface area contributed by atoms with Crippen LogP contribution in [0.3, 0.4) is 0 Å². The zero-order valence-corrected chi connectivity index (χ0v) is 8.92. The molecule has 7 nitrogen and oxygen atoms in total. The molecule has 0 atom stereocenters. The van der Waals surface area contributed by atoms with Crippen LogP contribution in [-0.4, -0.2) is 19.9 Å². The van der Waals surface area contributed by atoms with Crippen LogP contribution in [0.2, 0.25) is 0 Å². The molecule has 0 radical (unpaired) electrons.